The van der Waals surface area contributed by atoms with Gasteiger partial charge in [-0.2, -0.15) is 24.4 Å². The number of thiol groups is 1. The molecule has 4 unspecified atom stereocenters. The molecule has 7 N–H and O–H groups in total. The molecule has 0 aliphatic carbocycles. The van der Waals surface area contributed by atoms with Gasteiger partial charge in [0.1, 0.15) is 18.1 Å². The number of hydrogen-bond acceptors (Lipinski definition) is 8. The first kappa shape index (κ1) is 29.0. The van der Waals surface area contributed by atoms with Gasteiger partial charge in [0.2, 0.25) is 17.7 Å². The van der Waals surface area contributed by atoms with Crippen LogP contribution >= 0.6 is 24.4 Å². The molecule has 11 nitrogen and oxygen atoms in total. The summed E-state index contributed by atoms with van der Waals surface area (Å²) in [6.45, 7) is 3.31. The molecule has 0 saturated heterocycles. The van der Waals surface area contributed by atoms with Crippen molar-refractivity contribution < 1.29 is 34.2 Å². The third-order valence-corrected chi connectivity index (χ3v) is 5.32. The second-order valence-electron chi connectivity index (χ2n) is 7.19. The molecular formula is C18H32N4O7S2. The van der Waals surface area contributed by atoms with Crippen LogP contribution in [0.1, 0.15) is 33.1 Å². The van der Waals surface area contributed by atoms with Gasteiger partial charge in [-0.25, -0.2) is 4.79 Å². The number of nitrogens with two attached hydrogens (primary N) is 1. The van der Waals surface area contributed by atoms with E-state index in [9.17, 15) is 29.1 Å². The number of rotatable bonds is 15. The van der Waals surface area contributed by atoms with Gasteiger partial charge in [0.15, 0.2) is 0 Å². The first-order chi connectivity index (χ1) is 14.4. The van der Waals surface area contributed by atoms with Crippen molar-refractivity contribution in [2.45, 2.75) is 57.3 Å². The van der Waals surface area contributed by atoms with Crippen LogP contribution in [0.25, 0.3) is 0 Å². The van der Waals surface area contributed by atoms with Gasteiger partial charge < -0.3 is 31.9 Å². The molecule has 178 valence electrons. The summed E-state index contributed by atoms with van der Waals surface area (Å²) in [4.78, 5) is 59.7. The molecule has 31 heavy (non-hydrogen) atoms. The standard InChI is InChI=1S/C18H32N4O7S2/c1-9(2)14(17(27)21-12(18(28)29)6-7-31-3)22-16(26)11(4-5-13(23)24)20-15(25)10(19)8-30/h9-12,14,30H,4-8,19H2,1-3H3,(H,20,25)(H,21,27)(H,22,26)(H,23,24)(H,28,29). The van der Waals surface area contributed by atoms with Gasteiger partial charge in [-0.15, -0.1) is 0 Å². The quantitative estimate of drug-likeness (QED) is 0.145. The summed E-state index contributed by atoms with van der Waals surface area (Å²) in [5.41, 5.74) is 5.58. The predicted octanol–water partition coefficient (Wildman–Crippen LogP) is -0.944. The molecule has 0 aromatic heterocycles. The fraction of sp³-hybridized carbons (Fsp3) is 0.722. The number of amides is 3. The molecule has 0 saturated carbocycles. The molecular weight excluding hydrogens is 448 g/mol. The van der Waals surface area contributed by atoms with Crippen LogP contribution in [-0.2, 0) is 24.0 Å². The van der Waals surface area contributed by atoms with Crippen LogP contribution in [0.4, 0.5) is 0 Å². The minimum Gasteiger partial charge on any atom is -0.481 e. The Morgan fingerprint density at radius 3 is 1.97 bits per heavy atom. The number of aliphatic carboxylic acids is 2. The average Bonchev–Trinajstić information content (AvgIpc) is 2.70. The molecule has 0 spiro atoms. The number of thioether (sulfide) groups is 1. The molecule has 0 bridgehead atoms. The monoisotopic (exact) mass is 480 g/mol. The molecule has 4 atom stereocenters. The van der Waals surface area contributed by atoms with Crippen LogP contribution < -0.4 is 21.7 Å². The summed E-state index contributed by atoms with van der Waals surface area (Å²) >= 11 is 5.35. The van der Waals surface area contributed by atoms with Gasteiger partial charge in [-0.3, -0.25) is 19.2 Å². The van der Waals surface area contributed by atoms with Gasteiger partial charge in [0.25, 0.3) is 0 Å². The number of hydrogen-bond donors (Lipinski definition) is 7. The highest BCUT2D eigenvalue weighted by Crippen LogP contribution is 2.08. The number of nitrogens with one attached hydrogen (secondary N) is 3. The van der Waals surface area contributed by atoms with Crippen LogP contribution in [0.3, 0.4) is 0 Å². The summed E-state index contributed by atoms with van der Waals surface area (Å²) in [6.07, 6.45) is 1.40. The van der Waals surface area contributed by atoms with E-state index in [4.69, 9.17) is 10.8 Å². The molecule has 3 amide bonds. The minimum atomic E-state index is -1.24. The Labute approximate surface area is 191 Å². The number of carboxylic acid groups (broad SMARTS) is 2. The first-order valence-corrected chi connectivity index (χ1v) is 11.7. The Bertz CT molecular complexity index is 648. The van der Waals surface area contributed by atoms with Gasteiger partial charge in [0.05, 0.1) is 6.04 Å². The van der Waals surface area contributed by atoms with Crippen molar-refractivity contribution in [2.75, 3.05) is 17.8 Å². The van der Waals surface area contributed by atoms with E-state index in [-0.39, 0.29) is 18.6 Å². The SMILES string of the molecule is CSCCC(NC(=O)C(NC(=O)C(CCC(=O)O)NC(=O)C(N)CS)C(C)C)C(=O)O. The minimum absolute atomic E-state index is 0.0166. The van der Waals surface area contributed by atoms with Gasteiger partial charge in [0, 0.05) is 12.2 Å². The predicted molar refractivity (Wildman–Crippen MR) is 120 cm³/mol. The van der Waals surface area contributed by atoms with Crippen LogP contribution in [0.15, 0.2) is 0 Å². The first-order valence-electron chi connectivity index (χ1n) is 9.65. The van der Waals surface area contributed by atoms with E-state index in [0.29, 0.717) is 5.75 Å². The largest absolute Gasteiger partial charge is 0.481 e. The fourth-order valence-electron chi connectivity index (χ4n) is 2.44. The van der Waals surface area contributed by atoms with Crippen molar-refractivity contribution >= 4 is 54.1 Å². The molecule has 0 aromatic rings. The Balaban J connectivity index is 5.38. The van der Waals surface area contributed by atoms with Crippen molar-refractivity contribution in [1.82, 2.24) is 16.0 Å². The third kappa shape index (κ3) is 11.3. The van der Waals surface area contributed by atoms with E-state index in [1.54, 1.807) is 13.8 Å². The molecule has 0 aromatic carbocycles. The second kappa shape index (κ2) is 14.9. The number of carbonyl (C=O) groups excluding carboxylic acids is 3. The molecule has 0 aliphatic rings. The lowest BCUT2D eigenvalue weighted by atomic mass is 10.0. The van der Waals surface area contributed by atoms with Crippen LogP contribution in [0, 0.1) is 5.92 Å². The maximum absolute atomic E-state index is 12.7. The Hall–Kier alpha value is -1.99. The molecule has 13 heteroatoms. The van der Waals surface area contributed by atoms with E-state index in [1.807, 2.05) is 6.26 Å². The zero-order valence-electron chi connectivity index (χ0n) is 17.8. The normalized spacial score (nSPS) is 14.8. The van der Waals surface area contributed by atoms with Crippen LogP contribution in [0.5, 0.6) is 0 Å². The highest BCUT2D eigenvalue weighted by Gasteiger charge is 2.31. The Kier molecular flexibility index (Phi) is 14.0. The second-order valence-corrected chi connectivity index (χ2v) is 8.54. The highest BCUT2D eigenvalue weighted by molar-refractivity contribution is 7.98. The third-order valence-electron chi connectivity index (χ3n) is 4.29. The van der Waals surface area contributed by atoms with E-state index >= 15 is 0 Å². The fourth-order valence-corrected chi connectivity index (χ4v) is 3.08. The summed E-state index contributed by atoms with van der Waals surface area (Å²) in [7, 11) is 0. The molecule has 0 fully saturated rings. The van der Waals surface area contributed by atoms with E-state index < -0.39 is 66.2 Å². The lowest BCUT2D eigenvalue weighted by molar-refractivity contribution is -0.142. The maximum atomic E-state index is 12.7. The van der Waals surface area contributed by atoms with E-state index in [2.05, 4.69) is 28.6 Å². The topological polar surface area (TPSA) is 188 Å². The summed E-state index contributed by atoms with van der Waals surface area (Å²) in [5, 5.41) is 25.5. The van der Waals surface area contributed by atoms with Crippen molar-refractivity contribution in [3.05, 3.63) is 0 Å². The van der Waals surface area contributed by atoms with Crippen molar-refractivity contribution in [1.29, 1.82) is 0 Å². The number of carboxylic acids is 2. The molecule has 0 aliphatic heterocycles. The zero-order chi connectivity index (χ0) is 24.1. The van der Waals surface area contributed by atoms with Crippen molar-refractivity contribution in [3.8, 4) is 0 Å². The van der Waals surface area contributed by atoms with Gasteiger partial charge >= 0.3 is 11.9 Å². The van der Waals surface area contributed by atoms with Crippen molar-refractivity contribution in [3.63, 3.8) is 0 Å². The Morgan fingerprint density at radius 1 is 0.935 bits per heavy atom. The summed E-state index contributed by atoms with van der Waals surface area (Å²) < 4.78 is 0. The summed E-state index contributed by atoms with van der Waals surface area (Å²) in [5.74, 6) is -4.38. The Morgan fingerprint density at radius 2 is 1.52 bits per heavy atom. The van der Waals surface area contributed by atoms with Crippen molar-refractivity contribution in [2.24, 2.45) is 11.7 Å². The van der Waals surface area contributed by atoms with Crippen LogP contribution in [0.2, 0.25) is 0 Å². The van der Waals surface area contributed by atoms with E-state index in [1.165, 1.54) is 11.8 Å². The summed E-state index contributed by atoms with van der Waals surface area (Å²) in [6, 6.07) is -4.45. The lowest BCUT2D eigenvalue weighted by Crippen LogP contribution is -2.58. The molecule has 0 rings (SSSR count). The molecule has 0 radical (unpaired) electrons. The number of carbonyl (C=O) groups is 5. The highest BCUT2D eigenvalue weighted by atomic mass is 32.2. The maximum Gasteiger partial charge on any atom is 0.326 e. The smallest absolute Gasteiger partial charge is 0.326 e. The van der Waals surface area contributed by atoms with Crippen LogP contribution in [-0.4, -0.2) is 81.8 Å². The van der Waals surface area contributed by atoms with Gasteiger partial charge in [-0.05, 0) is 30.8 Å². The average molecular weight is 481 g/mol. The molecule has 0 heterocycles. The zero-order valence-corrected chi connectivity index (χ0v) is 19.5. The van der Waals surface area contributed by atoms with E-state index in [0.717, 1.165) is 0 Å². The lowest BCUT2D eigenvalue weighted by Gasteiger charge is -2.27. The van der Waals surface area contributed by atoms with Gasteiger partial charge in [-0.1, -0.05) is 13.8 Å².